The summed E-state index contributed by atoms with van der Waals surface area (Å²) in [4.78, 5) is 2.49. The van der Waals surface area contributed by atoms with E-state index < -0.39 is 5.60 Å². The molecule has 4 rings (SSSR count). The Bertz CT molecular complexity index is 1010. The van der Waals surface area contributed by atoms with E-state index in [1.165, 1.54) is 17.5 Å². The van der Waals surface area contributed by atoms with Crippen molar-refractivity contribution < 1.29 is 9.84 Å². The van der Waals surface area contributed by atoms with Gasteiger partial charge < -0.3 is 9.84 Å². The molecule has 0 amide bonds. The van der Waals surface area contributed by atoms with E-state index in [0.717, 1.165) is 30.6 Å². The molecule has 1 N–H and O–H groups in total. The molecule has 3 aromatic rings. The molecule has 0 bridgehead atoms. The van der Waals surface area contributed by atoms with Crippen molar-refractivity contribution in [3.8, 4) is 5.75 Å². The maximum atomic E-state index is 12.7. The number of ether oxygens (including phenoxy) is 1. The van der Waals surface area contributed by atoms with Gasteiger partial charge in [0.05, 0.1) is 12.7 Å². The van der Waals surface area contributed by atoms with E-state index in [-0.39, 0.29) is 18.0 Å². The fraction of sp³-hybridized carbons (Fsp3) is 0.400. The molecule has 4 atom stereocenters. The van der Waals surface area contributed by atoms with Crippen molar-refractivity contribution in [2.75, 3.05) is 14.2 Å². The van der Waals surface area contributed by atoms with Crippen LogP contribution in [0.5, 0.6) is 5.75 Å². The summed E-state index contributed by atoms with van der Waals surface area (Å²) < 4.78 is 5.77. The van der Waals surface area contributed by atoms with Gasteiger partial charge in [0.15, 0.2) is 0 Å². The number of benzene rings is 3. The fourth-order valence-corrected chi connectivity index (χ4v) is 5.80. The largest absolute Gasteiger partial charge is 0.496 e. The van der Waals surface area contributed by atoms with Gasteiger partial charge in [0, 0.05) is 30.0 Å². The van der Waals surface area contributed by atoms with Crippen molar-refractivity contribution in [1.29, 1.82) is 0 Å². The van der Waals surface area contributed by atoms with Crippen molar-refractivity contribution in [2.24, 2.45) is 5.92 Å². The standard InChI is InChI=1S/C30H37NO2/c1-4-5-8-20-26-29(24-17-11-7-12-18-24)31(2)27(23-15-9-6-10-16-23)22-30(26,32)25-19-13-14-21-28(25)33-3/h6-7,9-19,21,26-27,29,32H,4-5,8,20,22H2,1-3H3/t26-,27+,29+,30+/m1/s1. The maximum absolute atomic E-state index is 12.7. The minimum atomic E-state index is -1.01. The van der Waals surface area contributed by atoms with E-state index in [0.29, 0.717) is 6.42 Å². The topological polar surface area (TPSA) is 32.7 Å². The van der Waals surface area contributed by atoms with Crippen molar-refractivity contribution in [2.45, 2.75) is 56.7 Å². The zero-order valence-corrected chi connectivity index (χ0v) is 20.2. The predicted molar refractivity (Wildman–Crippen MR) is 135 cm³/mol. The molecule has 1 aliphatic heterocycles. The lowest BCUT2D eigenvalue weighted by Gasteiger charge is -2.54. The SMILES string of the molecule is CCCCC[C@@H]1[C@H](c2ccccc2)N(C)[C@H](c2ccccc2)C[C@]1(O)c1ccccc1OC. The fourth-order valence-electron chi connectivity index (χ4n) is 5.80. The van der Waals surface area contributed by atoms with E-state index in [1.807, 2.05) is 18.2 Å². The summed E-state index contributed by atoms with van der Waals surface area (Å²) in [6.07, 6.45) is 5.04. The third-order valence-corrected chi connectivity index (χ3v) is 7.45. The second-order valence-electron chi connectivity index (χ2n) is 9.38. The summed E-state index contributed by atoms with van der Waals surface area (Å²) in [5, 5.41) is 12.7. The molecule has 0 aliphatic carbocycles. The van der Waals surface area contributed by atoms with Gasteiger partial charge in [-0.2, -0.15) is 0 Å². The number of nitrogens with zero attached hydrogens (tertiary/aromatic N) is 1. The normalized spacial score (nSPS) is 25.6. The molecule has 3 aromatic carbocycles. The average molecular weight is 444 g/mol. The molecule has 1 fully saturated rings. The van der Waals surface area contributed by atoms with Crippen LogP contribution in [0.4, 0.5) is 0 Å². The first kappa shape index (κ1) is 23.5. The average Bonchev–Trinajstić information content (AvgIpc) is 2.87. The highest BCUT2D eigenvalue weighted by Gasteiger charge is 2.52. The first-order valence-electron chi connectivity index (χ1n) is 12.3. The molecular weight excluding hydrogens is 406 g/mol. The van der Waals surface area contributed by atoms with Gasteiger partial charge in [-0.1, -0.05) is 105 Å². The quantitative estimate of drug-likeness (QED) is 0.385. The van der Waals surface area contributed by atoms with Gasteiger partial charge in [-0.15, -0.1) is 0 Å². The molecule has 0 unspecified atom stereocenters. The molecule has 0 spiro atoms. The number of unbranched alkanes of at least 4 members (excludes halogenated alkanes) is 2. The maximum Gasteiger partial charge on any atom is 0.124 e. The Labute approximate surface area is 199 Å². The molecule has 0 saturated carbocycles. The van der Waals surface area contributed by atoms with Crippen molar-refractivity contribution in [3.05, 3.63) is 102 Å². The van der Waals surface area contributed by atoms with E-state index in [2.05, 4.69) is 85.6 Å². The number of para-hydroxylation sites is 1. The van der Waals surface area contributed by atoms with Crippen molar-refractivity contribution in [1.82, 2.24) is 4.90 Å². The number of rotatable bonds is 8. The lowest BCUT2D eigenvalue weighted by molar-refractivity contribution is -0.131. The highest BCUT2D eigenvalue weighted by atomic mass is 16.5. The van der Waals surface area contributed by atoms with Gasteiger partial charge in [-0.3, -0.25) is 4.90 Å². The number of likely N-dealkylation sites (tertiary alicyclic amines) is 1. The first-order chi connectivity index (χ1) is 16.1. The van der Waals surface area contributed by atoms with E-state index in [1.54, 1.807) is 7.11 Å². The van der Waals surface area contributed by atoms with Gasteiger partial charge in [-0.05, 0) is 30.7 Å². The van der Waals surface area contributed by atoms with Crippen molar-refractivity contribution >= 4 is 0 Å². The van der Waals surface area contributed by atoms with E-state index in [4.69, 9.17) is 4.74 Å². The summed E-state index contributed by atoms with van der Waals surface area (Å²) in [6, 6.07) is 29.5. The van der Waals surface area contributed by atoms with Crippen molar-refractivity contribution in [3.63, 3.8) is 0 Å². The van der Waals surface area contributed by atoms with Crippen LogP contribution in [0.3, 0.4) is 0 Å². The number of hydrogen-bond donors (Lipinski definition) is 1. The van der Waals surface area contributed by atoms with E-state index in [9.17, 15) is 5.11 Å². The second kappa shape index (κ2) is 10.5. The smallest absolute Gasteiger partial charge is 0.124 e. The Kier molecular flexibility index (Phi) is 7.52. The molecule has 1 heterocycles. The van der Waals surface area contributed by atoms with Gasteiger partial charge in [-0.25, -0.2) is 0 Å². The van der Waals surface area contributed by atoms with Gasteiger partial charge in [0.1, 0.15) is 5.75 Å². The lowest BCUT2D eigenvalue weighted by Crippen LogP contribution is -2.52. The Morgan fingerprint density at radius 3 is 2.12 bits per heavy atom. The first-order valence-corrected chi connectivity index (χ1v) is 12.3. The Morgan fingerprint density at radius 2 is 1.48 bits per heavy atom. The highest BCUT2D eigenvalue weighted by molar-refractivity contribution is 5.41. The van der Waals surface area contributed by atoms with Gasteiger partial charge in [0.2, 0.25) is 0 Å². The molecule has 0 aromatic heterocycles. The Balaban J connectivity index is 1.88. The molecule has 1 aliphatic rings. The van der Waals surface area contributed by atoms with Gasteiger partial charge in [0.25, 0.3) is 0 Å². The lowest BCUT2D eigenvalue weighted by atomic mass is 9.65. The van der Waals surface area contributed by atoms with Crippen LogP contribution in [0.2, 0.25) is 0 Å². The summed E-state index contributed by atoms with van der Waals surface area (Å²) in [5.41, 5.74) is 2.40. The number of hydrogen-bond acceptors (Lipinski definition) is 3. The van der Waals surface area contributed by atoms with Crippen LogP contribution in [0.15, 0.2) is 84.9 Å². The third kappa shape index (κ3) is 4.71. The Hall–Kier alpha value is -2.62. The zero-order valence-electron chi connectivity index (χ0n) is 20.2. The van der Waals surface area contributed by atoms with Crippen LogP contribution in [-0.2, 0) is 5.60 Å². The zero-order chi connectivity index (χ0) is 23.3. The monoisotopic (exact) mass is 443 g/mol. The molecule has 0 radical (unpaired) electrons. The summed E-state index contributed by atoms with van der Waals surface area (Å²) in [6.45, 7) is 2.24. The van der Waals surface area contributed by atoms with Crippen LogP contribution in [0.1, 0.15) is 67.8 Å². The molecule has 3 heteroatoms. The summed E-state index contributed by atoms with van der Waals surface area (Å²) >= 11 is 0. The van der Waals surface area contributed by atoms with Crippen LogP contribution >= 0.6 is 0 Å². The summed E-state index contributed by atoms with van der Waals surface area (Å²) in [7, 11) is 3.93. The van der Waals surface area contributed by atoms with E-state index >= 15 is 0 Å². The number of piperidine rings is 1. The molecule has 174 valence electrons. The van der Waals surface area contributed by atoms with Crippen LogP contribution in [-0.4, -0.2) is 24.2 Å². The van der Waals surface area contributed by atoms with Crippen LogP contribution < -0.4 is 4.74 Å². The number of methoxy groups -OCH3 is 1. The predicted octanol–water partition coefficient (Wildman–Crippen LogP) is 6.90. The molecule has 33 heavy (non-hydrogen) atoms. The molecule has 1 saturated heterocycles. The summed E-state index contributed by atoms with van der Waals surface area (Å²) in [5.74, 6) is 0.816. The Morgan fingerprint density at radius 1 is 0.879 bits per heavy atom. The molecule has 3 nitrogen and oxygen atoms in total. The minimum absolute atomic E-state index is 0.0488. The molecular formula is C30H37NO2. The second-order valence-corrected chi connectivity index (χ2v) is 9.38. The van der Waals surface area contributed by atoms with Gasteiger partial charge >= 0.3 is 0 Å². The third-order valence-electron chi connectivity index (χ3n) is 7.45. The number of aliphatic hydroxyl groups is 1. The minimum Gasteiger partial charge on any atom is -0.496 e. The highest BCUT2D eigenvalue weighted by Crippen LogP contribution is 2.56. The van der Waals surface area contributed by atoms with Crippen LogP contribution in [0, 0.1) is 5.92 Å². The van der Waals surface area contributed by atoms with Crippen LogP contribution in [0.25, 0.3) is 0 Å².